The molecule has 0 unspecified atom stereocenters. The maximum Gasteiger partial charge on any atom is 0.238 e. The van der Waals surface area contributed by atoms with E-state index in [1.165, 1.54) is 17.0 Å². The van der Waals surface area contributed by atoms with Gasteiger partial charge in [0.05, 0.1) is 6.54 Å². The van der Waals surface area contributed by atoms with Crippen LogP contribution in [0.5, 0.6) is 0 Å². The molecule has 0 spiro atoms. The first-order valence-corrected chi connectivity index (χ1v) is 7.66. The van der Waals surface area contributed by atoms with Crippen LogP contribution in [0.15, 0.2) is 59.5 Å². The molecule has 2 aromatic carbocycles. The van der Waals surface area contributed by atoms with Gasteiger partial charge in [-0.15, -0.1) is 11.8 Å². The van der Waals surface area contributed by atoms with E-state index < -0.39 is 0 Å². The van der Waals surface area contributed by atoms with Gasteiger partial charge in [-0.3, -0.25) is 4.79 Å². The lowest BCUT2D eigenvalue weighted by Crippen LogP contribution is -2.29. The molecule has 0 saturated heterocycles. The highest BCUT2D eigenvalue weighted by molar-refractivity contribution is 7.99. The van der Waals surface area contributed by atoms with E-state index in [1.54, 1.807) is 23.9 Å². The molecule has 5 heteroatoms. The van der Waals surface area contributed by atoms with Crippen molar-refractivity contribution in [3.05, 3.63) is 60.4 Å². The fourth-order valence-corrected chi connectivity index (χ4v) is 2.53. The van der Waals surface area contributed by atoms with Crippen LogP contribution in [0.25, 0.3) is 0 Å². The number of thioether (sulfide) groups is 1. The van der Waals surface area contributed by atoms with Crippen molar-refractivity contribution in [1.29, 1.82) is 0 Å². The quantitative estimate of drug-likeness (QED) is 0.610. The number of benzene rings is 2. The second-order valence-corrected chi connectivity index (χ2v) is 5.56. The summed E-state index contributed by atoms with van der Waals surface area (Å²) in [7, 11) is 0. The van der Waals surface area contributed by atoms with Crippen LogP contribution in [0.4, 0.5) is 10.1 Å². The summed E-state index contributed by atoms with van der Waals surface area (Å²) in [5.41, 5.74) is 0.599. The van der Waals surface area contributed by atoms with Crippen LogP contribution in [0.3, 0.4) is 0 Å². The van der Waals surface area contributed by atoms with Crippen molar-refractivity contribution in [1.82, 2.24) is 5.32 Å². The molecule has 0 aliphatic heterocycles. The third kappa shape index (κ3) is 5.97. The zero-order valence-electron chi connectivity index (χ0n) is 11.5. The van der Waals surface area contributed by atoms with Gasteiger partial charge in [0.2, 0.25) is 5.91 Å². The molecule has 0 bridgehead atoms. The molecule has 2 rings (SSSR count). The topological polar surface area (TPSA) is 41.1 Å². The van der Waals surface area contributed by atoms with E-state index in [-0.39, 0.29) is 18.3 Å². The molecule has 0 heterocycles. The predicted octanol–water partition coefficient (Wildman–Crippen LogP) is 3.15. The Morgan fingerprint density at radius 3 is 2.48 bits per heavy atom. The number of carbonyl (C=O) groups excluding carboxylic acids is 1. The number of nitrogens with one attached hydrogen (secondary N) is 2. The molecule has 0 atom stereocenters. The van der Waals surface area contributed by atoms with Gasteiger partial charge in [0.15, 0.2) is 0 Å². The van der Waals surface area contributed by atoms with Gasteiger partial charge in [-0.1, -0.05) is 18.2 Å². The van der Waals surface area contributed by atoms with Crippen molar-refractivity contribution >= 4 is 23.4 Å². The monoisotopic (exact) mass is 304 g/mol. The highest BCUT2D eigenvalue weighted by atomic mass is 32.2. The van der Waals surface area contributed by atoms with Crippen LogP contribution in [-0.4, -0.2) is 24.7 Å². The average molecular weight is 304 g/mol. The summed E-state index contributed by atoms with van der Waals surface area (Å²) in [5.74, 6) is 0.448. The molecule has 0 aliphatic carbocycles. The summed E-state index contributed by atoms with van der Waals surface area (Å²) in [6, 6.07) is 15.8. The number of hydrogen-bond donors (Lipinski definition) is 2. The zero-order chi connectivity index (χ0) is 14.9. The van der Waals surface area contributed by atoms with Gasteiger partial charge in [-0.05, 0) is 36.4 Å². The van der Waals surface area contributed by atoms with Crippen LogP contribution in [0.1, 0.15) is 0 Å². The first-order chi connectivity index (χ1) is 10.2. The van der Waals surface area contributed by atoms with Crippen LogP contribution >= 0.6 is 11.8 Å². The average Bonchev–Trinajstić information content (AvgIpc) is 2.50. The largest absolute Gasteiger partial charge is 0.325 e. The third-order valence-electron chi connectivity index (χ3n) is 2.70. The Hall–Kier alpha value is -1.85. The van der Waals surface area contributed by atoms with Gasteiger partial charge in [-0.25, -0.2) is 4.39 Å². The molecule has 3 nitrogen and oxygen atoms in total. The first kappa shape index (κ1) is 15.5. The summed E-state index contributed by atoms with van der Waals surface area (Å²) >= 11 is 1.74. The van der Waals surface area contributed by atoms with E-state index in [0.717, 1.165) is 12.3 Å². The van der Waals surface area contributed by atoms with Crippen molar-refractivity contribution in [3.8, 4) is 0 Å². The number of anilines is 1. The van der Waals surface area contributed by atoms with Crippen molar-refractivity contribution < 1.29 is 9.18 Å². The third-order valence-corrected chi connectivity index (χ3v) is 3.72. The van der Waals surface area contributed by atoms with E-state index in [0.29, 0.717) is 5.69 Å². The molecule has 0 radical (unpaired) electrons. The molecule has 21 heavy (non-hydrogen) atoms. The lowest BCUT2D eigenvalue weighted by atomic mass is 10.3. The normalized spacial score (nSPS) is 10.3. The Morgan fingerprint density at radius 1 is 1.05 bits per heavy atom. The van der Waals surface area contributed by atoms with E-state index >= 15 is 0 Å². The van der Waals surface area contributed by atoms with Gasteiger partial charge in [0, 0.05) is 22.9 Å². The lowest BCUT2D eigenvalue weighted by Gasteiger charge is -2.06. The van der Waals surface area contributed by atoms with Gasteiger partial charge in [0.25, 0.3) is 0 Å². The van der Waals surface area contributed by atoms with E-state index in [9.17, 15) is 9.18 Å². The second kappa shape index (κ2) is 8.44. The Kier molecular flexibility index (Phi) is 6.24. The summed E-state index contributed by atoms with van der Waals surface area (Å²) in [4.78, 5) is 12.9. The van der Waals surface area contributed by atoms with Gasteiger partial charge >= 0.3 is 0 Å². The molecule has 0 fully saturated rings. The highest BCUT2D eigenvalue weighted by Crippen LogP contribution is 2.15. The van der Waals surface area contributed by atoms with Crippen molar-refractivity contribution in [2.75, 3.05) is 24.2 Å². The van der Waals surface area contributed by atoms with Gasteiger partial charge < -0.3 is 10.6 Å². The molecular formula is C16H17FN2OS. The molecule has 2 aromatic rings. The maximum absolute atomic E-state index is 12.7. The minimum Gasteiger partial charge on any atom is -0.325 e. The lowest BCUT2D eigenvalue weighted by molar-refractivity contribution is -0.115. The fourth-order valence-electron chi connectivity index (χ4n) is 1.70. The van der Waals surface area contributed by atoms with Crippen molar-refractivity contribution in [2.24, 2.45) is 0 Å². The summed E-state index contributed by atoms with van der Waals surface area (Å²) in [6.45, 7) is 0.989. The summed E-state index contributed by atoms with van der Waals surface area (Å²) < 4.78 is 12.7. The summed E-state index contributed by atoms with van der Waals surface area (Å²) in [6.07, 6.45) is 0. The molecule has 2 N–H and O–H groups in total. The maximum atomic E-state index is 12.7. The molecule has 0 aliphatic rings. The fraction of sp³-hybridized carbons (Fsp3) is 0.188. The molecule has 0 saturated carbocycles. The Balaban J connectivity index is 1.60. The van der Waals surface area contributed by atoms with Gasteiger partial charge in [-0.2, -0.15) is 0 Å². The molecular weight excluding hydrogens is 287 g/mol. The van der Waals surface area contributed by atoms with Crippen LogP contribution in [0, 0.1) is 5.82 Å². The predicted molar refractivity (Wildman–Crippen MR) is 85.1 cm³/mol. The standard InChI is InChI=1S/C16H17FN2OS/c17-13-6-8-14(9-7-13)19-16(20)12-18-10-11-21-15-4-2-1-3-5-15/h1-9,18H,10-12H2,(H,19,20). The van der Waals surface area contributed by atoms with Crippen molar-refractivity contribution in [2.45, 2.75) is 4.90 Å². The number of carbonyl (C=O) groups is 1. The second-order valence-electron chi connectivity index (χ2n) is 4.39. The van der Waals surface area contributed by atoms with E-state index in [2.05, 4.69) is 22.8 Å². The summed E-state index contributed by atoms with van der Waals surface area (Å²) in [5, 5.41) is 5.78. The van der Waals surface area contributed by atoms with Crippen LogP contribution in [-0.2, 0) is 4.79 Å². The Bertz CT molecular complexity index is 560. The smallest absolute Gasteiger partial charge is 0.238 e. The molecule has 110 valence electrons. The number of rotatable bonds is 7. The number of hydrogen-bond acceptors (Lipinski definition) is 3. The molecule has 1 amide bonds. The van der Waals surface area contributed by atoms with Crippen LogP contribution in [0.2, 0.25) is 0 Å². The van der Waals surface area contributed by atoms with Crippen LogP contribution < -0.4 is 10.6 Å². The number of amides is 1. The molecule has 0 aromatic heterocycles. The zero-order valence-corrected chi connectivity index (χ0v) is 12.3. The van der Waals surface area contributed by atoms with Crippen molar-refractivity contribution in [3.63, 3.8) is 0 Å². The Morgan fingerprint density at radius 2 is 1.76 bits per heavy atom. The SMILES string of the molecule is O=C(CNCCSc1ccccc1)Nc1ccc(F)cc1. The van der Waals surface area contributed by atoms with Gasteiger partial charge in [0.1, 0.15) is 5.82 Å². The Labute approximate surface area is 127 Å². The minimum absolute atomic E-state index is 0.133. The minimum atomic E-state index is -0.316. The van der Waals surface area contributed by atoms with E-state index in [1.807, 2.05) is 18.2 Å². The highest BCUT2D eigenvalue weighted by Gasteiger charge is 2.01. The first-order valence-electron chi connectivity index (χ1n) is 6.68. The van der Waals surface area contributed by atoms with E-state index in [4.69, 9.17) is 0 Å². The number of halogens is 1.